The number of esters is 1. The van der Waals surface area contributed by atoms with Crippen molar-refractivity contribution in [2.75, 3.05) is 19.0 Å². The highest BCUT2D eigenvalue weighted by molar-refractivity contribution is 5.96. The number of carbonyl (C=O) groups is 2. The highest BCUT2D eigenvalue weighted by Gasteiger charge is 2.11. The van der Waals surface area contributed by atoms with Gasteiger partial charge < -0.3 is 14.8 Å². The molecule has 0 spiro atoms. The molecule has 0 saturated carbocycles. The van der Waals surface area contributed by atoms with Crippen molar-refractivity contribution in [3.05, 3.63) is 59.7 Å². The van der Waals surface area contributed by atoms with Crippen LogP contribution in [0.2, 0.25) is 0 Å². The lowest BCUT2D eigenvalue weighted by Gasteiger charge is -2.11. The molecule has 2 aromatic carbocycles. The molecule has 5 heteroatoms. The first kappa shape index (κ1) is 15.6. The Hall–Kier alpha value is -2.82. The number of amides is 1. The third kappa shape index (κ3) is 4.09. The Kier molecular flexibility index (Phi) is 5.14. The molecule has 0 heterocycles. The topological polar surface area (TPSA) is 64.6 Å². The van der Waals surface area contributed by atoms with Gasteiger partial charge >= 0.3 is 5.97 Å². The van der Waals surface area contributed by atoms with Crippen LogP contribution in [-0.2, 0) is 9.53 Å². The second kappa shape index (κ2) is 7.26. The summed E-state index contributed by atoms with van der Waals surface area (Å²) in [7, 11) is 1.52. The summed E-state index contributed by atoms with van der Waals surface area (Å²) in [4.78, 5) is 23.6. The molecule has 2 aromatic rings. The lowest BCUT2D eigenvalue weighted by atomic mass is 10.2. The van der Waals surface area contributed by atoms with Gasteiger partial charge in [-0.2, -0.15) is 0 Å². The molecule has 22 heavy (non-hydrogen) atoms. The molecule has 0 atom stereocenters. The summed E-state index contributed by atoms with van der Waals surface area (Å²) >= 11 is 0. The van der Waals surface area contributed by atoms with Crippen LogP contribution < -0.4 is 10.1 Å². The highest BCUT2D eigenvalue weighted by Crippen LogP contribution is 2.25. The summed E-state index contributed by atoms with van der Waals surface area (Å²) < 4.78 is 10.1. The summed E-state index contributed by atoms with van der Waals surface area (Å²) in [5.74, 6) is -0.409. The predicted molar refractivity (Wildman–Crippen MR) is 83.1 cm³/mol. The molecule has 1 N–H and O–H groups in total. The summed E-state index contributed by atoms with van der Waals surface area (Å²) in [6, 6.07) is 13.9. The minimum atomic E-state index is -0.535. The number of rotatable bonds is 5. The summed E-state index contributed by atoms with van der Waals surface area (Å²) in [5.41, 5.74) is 1.93. The molecule has 0 aliphatic heterocycles. The highest BCUT2D eigenvalue weighted by atomic mass is 16.5. The van der Waals surface area contributed by atoms with Crippen LogP contribution in [-0.4, -0.2) is 25.6 Å². The Bertz CT molecular complexity index is 668. The Morgan fingerprint density at radius 2 is 1.82 bits per heavy atom. The fourth-order valence-corrected chi connectivity index (χ4v) is 1.89. The lowest BCUT2D eigenvalue weighted by Crippen LogP contribution is -2.21. The van der Waals surface area contributed by atoms with Crippen LogP contribution >= 0.6 is 0 Å². The maximum Gasteiger partial charge on any atom is 0.338 e. The van der Waals surface area contributed by atoms with Crippen LogP contribution in [0.25, 0.3) is 0 Å². The van der Waals surface area contributed by atoms with Crippen molar-refractivity contribution in [3.63, 3.8) is 0 Å². The minimum absolute atomic E-state index is 0.356. The number of nitrogens with one attached hydrogen (secondary N) is 1. The molecule has 1 amide bonds. The summed E-state index contributed by atoms with van der Waals surface area (Å²) in [5, 5.41) is 2.67. The van der Waals surface area contributed by atoms with Gasteiger partial charge in [-0.05, 0) is 36.8 Å². The van der Waals surface area contributed by atoms with Crippen LogP contribution in [0, 0.1) is 6.92 Å². The number of carbonyl (C=O) groups excluding carboxylic acids is 2. The van der Waals surface area contributed by atoms with Crippen molar-refractivity contribution in [2.24, 2.45) is 0 Å². The molecule has 5 nitrogen and oxygen atoms in total. The molecule has 0 aromatic heterocycles. The van der Waals surface area contributed by atoms with E-state index in [1.165, 1.54) is 7.11 Å². The van der Waals surface area contributed by atoms with Crippen LogP contribution in [0.1, 0.15) is 15.9 Å². The summed E-state index contributed by atoms with van der Waals surface area (Å²) in [6.07, 6.45) is 0. The van der Waals surface area contributed by atoms with E-state index >= 15 is 0 Å². The van der Waals surface area contributed by atoms with Crippen LogP contribution in [0.4, 0.5) is 5.69 Å². The van der Waals surface area contributed by atoms with Crippen molar-refractivity contribution >= 4 is 17.6 Å². The van der Waals surface area contributed by atoms with E-state index < -0.39 is 11.9 Å². The maximum absolute atomic E-state index is 11.9. The van der Waals surface area contributed by atoms with E-state index in [0.29, 0.717) is 17.0 Å². The first-order chi connectivity index (χ1) is 10.6. The Labute approximate surface area is 128 Å². The Morgan fingerprint density at radius 1 is 1.09 bits per heavy atom. The van der Waals surface area contributed by atoms with Crippen molar-refractivity contribution in [2.45, 2.75) is 6.92 Å². The fourth-order valence-electron chi connectivity index (χ4n) is 1.89. The molecule has 0 saturated heterocycles. The molecule has 0 aliphatic carbocycles. The third-order valence-corrected chi connectivity index (χ3v) is 2.97. The molecule has 0 fully saturated rings. The minimum Gasteiger partial charge on any atom is -0.495 e. The van der Waals surface area contributed by atoms with E-state index in [1.54, 1.807) is 42.5 Å². The fraction of sp³-hybridized carbons (Fsp3) is 0.176. The molecular formula is C17H17NO4. The second-order valence-electron chi connectivity index (χ2n) is 4.69. The van der Waals surface area contributed by atoms with Crippen molar-refractivity contribution in [1.82, 2.24) is 0 Å². The standard InChI is InChI=1S/C17H17NO4/c1-12-8-9-15(21-2)14(10-12)18-16(19)11-22-17(20)13-6-4-3-5-7-13/h3-10H,11H2,1-2H3,(H,18,19). The smallest absolute Gasteiger partial charge is 0.338 e. The zero-order valence-electron chi connectivity index (χ0n) is 12.5. The van der Waals surface area contributed by atoms with Crippen LogP contribution in [0.5, 0.6) is 5.75 Å². The number of hydrogen-bond acceptors (Lipinski definition) is 4. The van der Waals surface area contributed by atoms with E-state index in [2.05, 4.69) is 5.32 Å². The third-order valence-electron chi connectivity index (χ3n) is 2.97. The predicted octanol–water partition coefficient (Wildman–Crippen LogP) is 2.80. The molecule has 114 valence electrons. The number of anilines is 1. The first-order valence-electron chi connectivity index (χ1n) is 6.77. The van der Waals surface area contributed by atoms with Gasteiger partial charge in [-0.3, -0.25) is 4.79 Å². The van der Waals surface area contributed by atoms with Gasteiger partial charge in [0.2, 0.25) is 0 Å². The number of aryl methyl sites for hydroxylation is 1. The number of methoxy groups -OCH3 is 1. The maximum atomic E-state index is 11.9. The van der Waals surface area contributed by atoms with Gasteiger partial charge in [0.1, 0.15) is 5.75 Å². The first-order valence-corrected chi connectivity index (χ1v) is 6.77. The van der Waals surface area contributed by atoms with Crippen molar-refractivity contribution in [1.29, 1.82) is 0 Å². The van der Waals surface area contributed by atoms with Crippen LogP contribution in [0.3, 0.4) is 0 Å². The molecule has 0 bridgehead atoms. The molecule has 0 radical (unpaired) electrons. The average Bonchev–Trinajstić information content (AvgIpc) is 2.53. The van der Waals surface area contributed by atoms with Gasteiger partial charge in [-0.15, -0.1) is 0 Å². The van der Waals surface area contributed by atoms with E-state index in [1.807, 2.05) is 13.0 Å². The second-order valence-corrected chi connectivity index (χ2v) is 4.69. The van der Waals surface area contributed by atoms with Crippen molar-refractivity contribution in [3.8, 4) is 5.75 Å². The molecule has 2 rings (SSSR count). The number of hydrogen-bond donors (Lipinski definition) is 1. The van der Waals surface area contributed by atoms with Crippen molar-refractivity contribution < 1.29 is 19.1 Å². The van der Waals surface area contributed by atoms with E-state index in [9.17, 15) is 9.59 Å². The Balaban J connectivity index is 1.94. The Morgan fingerprint density at radius 3 is 2.50 bits per heavy atom. The monoisotopic (exact) mass is 299 g/mol. The average molecular weight is 299 g/mol. The van der Waals surface area contributed by atoms with Gasteiger partial charge in [0, 0.05) is 0 Å². The zero-order chi connectivity index (χ0) is 15.9. The van der Waals surface area contributed by atoms with Crippen LogP contribution in [0.15, 0.2) is 48.5 Å². The molecule has 0 unspecified atom stereocenters. The van der Waals surface area contributed by atoms with E-state index in [-0.39, 0.29) is 6.61 Å². The van der Waals surface area contributed by atoms with Gasteiger partial charge in [0.05, 0.1) is 18.4 Å². The number of ether oxygens (including phenoxy) is 2. The zero-order valence-corrected chi connectivity index (χ0v) is 12.5. The van der Waals surface area contributed by atoms with E-state index in [4.69, 9.17) is 9.47 Å². The molecule has 0 aliphatic rings. The normalized spacial score (nSPS) is 9.91. The quantitative estimate of drug-likeness (QED) is 0.862. The van der Waals surface area contributed by atoms with E-state index in [0.717, 1.165) is 5.56 Å². The number of benzene rings is 2. The largest absolute Gasteiger partial charge is 0.495 e. The molecular weight excluding hydrogens is 282 g/mol. The summed E-state index contributed by atoms with van der Waals surface area (Å²) in [6.45, 7) is 1.55. The lowest BCUT2D eigenvalue weighted by molar-refractivity contribution is -0.119. The van der Waals surface area contributed by atoms with Gasteiger partial charge in [-0.1, -0.05) is 24.3 Å². The van der Waals surface area contributed by atoms with Gasteiger partial charge in [0.15, 0.2) is 6.61 Å². The SMILES string of the molecule is COc1ccc(C)cc1NC(=O)COC(=O)c1ccccc1. The van der Waals surface area contributed by atoms with Gasteiger partial charge in [0.25, 0.3) is 5.91 Å². The van der Waals surface area contributed by atoms with Gasteiger partial charge in [-0.25, -0.2) is 4.79 Å².